The fraction of sp³-hybridized carbons (Fsp3) is 0.136. The monoisotopic (exact) mass is 371 g/mol. The second-order valence-corrected chi connectivity index (χ2v) is 6.58. The molecule has 0 fully saturated rings. The number of hydrogen-bond donors (Lipinski definition) is 1. The number of hydrogen-bond acceptors (Lipinski definition) is 3. The van der Waals surface area contributed by atoms with Crippen molar-refractivity contribution in [2.24, 2.45) is 7.05 Å². The highest BCUT2D eigenvalue weighted by Gasteiger charge is 2.11. The van der Waals surface area contributed by atoms with Crippen LogP contribution >= 0.6 is 0 Å². The van der Waals surface area contributed by atoms with E-state index in [1.54, 1.807) is 30.2 Å². The maximum atomic E-state index is 12.4. The molecule has 0 saturated heterocycles. The Morgan fingerprint density at radius 1 is 0.964 bits per heavy atom. The smallest absolute Gasteiger partial charge is 0.269 e. The third-order valence-corrected chi connectivity index (χ3v) is 4.68. The van der Waals surface area contributed by atoms with Gasteiger partial charge in [0.25, 0.3) is 5.91 Å². The van der Waals surface area contributed by atoms with Crippen molar-refractivity contribution in [1.29, 1.82) is 0 Å². The Labute approximate surface area is 163 Å². The molecule has 2 aromatic heterocycles. The molecular weight excluding hydrogens is 350 g/mol. The van der Waals surface area contributed by atoms with Crippen LogP contribution in [0.1, 0.15) is 21.6 Å². The van der Waals surface area contributed by atoms with E-state index in [4.69, 9.17) is 0 Å². The summed E-state index contributed by atoms with van der Waals surface area (Å²) in [6, 6.07) is 20.2. The molecule has 1 N–H and O–H groups in total. The summed E-state index contributed by atoms with van der Waals surface area (Å²) in [7, 11) is 1.76. The predicted molar refractivity (Wildman–Crippen MR) is 108 cm³/mol. The molecular formula is C22H21N5O. The van der Waals surface area contributed by atoms with Crippen LogP contribution in [-0.4, -0.2) is 25.5 Å². The first-order valence-corrected chi connectivity index (χ1v) is 9.11. The summed E-state index contributed by atoms with van der Waals surface area (Å²) in [6.07, 6.45) is 5.35. The van der Waals surface area contributed by atoms with Gasteiger partial charge in [-0.05, 0) is 34.4 Å². The molecule has 0 radical (unpaired) electrons. The van der Waals surface area contributed by atoms with Gasteiger partial charge in [0, 0.05) is 32.2 Å². The van der Waals surface area contributed by atoms with E-state index in [1.165, 1.54) is 5.56 Å². The van der Waals surface area contributed by atoms with Crippen molar-refractivity contribution in [2.75, 3.05) is 0 Å². The molecule has 2 heterocycles. The summed E-state index contributed by atoms with van der Waals surface area (Å²) in [6.45, 7) is 1.20. The molecule has 1 amide bonds. The minimum atomic E-state index is -0.135. The molecule has 4 aromatic rings. The van der Waals surface area contributed by atoms with Crippen LogP contribution in [0.5, 0.6) is 0 Å². The summed E-state index contributed by atoms with van der Waals surface area (Å²) in [5.41, 5.74) is 5.03. The van der Waals surface area contributed by atoms with E-state index in [1.807, 2.05) is 35.1 Å². The van der Waals surface area contributed by atoms with E-state index in [9.17, 15) is 4.79 Å². The number of carbonyl (C=O) groups excluding carboxylic acids is 1. The number of benzene rings is 2. The summed E-state index contributed by atoms with van der Waals surface area (Å²) in [4.78, 5) is 12.4. The quantitative estimate of drug-likeness (QED) is 0.566. The van der Waals surface area contributed by atoms with Crippen LogP contribution in [0, 0.1) is 0 Å². The molecule has 6 heteroatoms. The highest BCUT2D eigenvalue weighted by Crippen LogP contribution is 2.24. The van der Waals surface area contributed by atoms with E-state index in [0.29, 0.717) is 12.2 Å². The van der Waals surface area contributed by atoms with Gasteiger partial charge in [0.1, 0.15) is 5.69 Å². The highest BCUT2D eigenvalue weighted by molar-refractivity contribution is 5.92. The Kier molecular flexibility index (Phi) is 5.01. The molecule has 140 valence electrons. The fourth-order valence-corrected chi connectivity index (χ4v) is 3.19. The number of nitrogens with one attached hydrogen (secondary N) is 1. The van der Waals surface area contributed by atoms with Crippen LogP contribution in [0.2, 0.25) is 0 Å². The summed E-state index contributed by atoms with van der Waals surface area (Å²) < 4.78 is 3.47. The molecule has 0 aliphatic carbocycles. The van der Waals surface area contributed by atoms with Gasteiger partial charge in [-0.25, -0.2) is 0 Å². The molecule has 0 unspecified atom stereocenters. The number of nitrogens with zero attached hydrogens (tertiary/aromatic N) is 4. The molecule has 0 aliphatic rings. The van der Waals surface area contributed by atoms with E-state index < -0.39 is 0 Å². The molecule has 0 bridgehead atoms. The number of aryl methyl sites for hydroxylation is 1. The number of aromatic nitrogens is 4. The molecule has 0 atom stereocenters. The van der Waals surface area contributed by atoms with E-state index in [-0.39, 0.29) is 5.91 Å². The SMILES string of the molecule is Cn1nccc1C(=O)NCc1ccccc1-c1ccc(Cn2cccn2)cc1. The topological polar surface area (TPSA) is 64.7 Å². The van der Waals surface area contributed by atoms with Crippen molar-refractivity contribution in [2.45, 2.75) is 13.1 Å². The third kappa shape index (κ3) is 3.86. The molecule has 28 heavy (non-hydrogen) atoms. The molecule has 0 spiro atoms. The number of carbonyl (C=O) groups is 1. The van der Waals surface area contributed by atoms with E-state index in [0.717, 1.165) is 23.2 Å². The molecule has 6 nitrogen and oxygen atoms in total. The predicted octanol–water partition coefficient (Wildman–Crippen LogP) is 3.26. The first-order valence-electron chi connectivity index (χ1n) is 9.11. The lowest BCUT2D eigenvalue weighted by atomic mass is 9.98. The number of amides is 1. The van der Waals surface area contributed by atoms with Crippen LogP contribution in [0.25, 0.3) is 11.1 Å². The maximum absolute atomic E-state index is 12.4. The van der Waals surface area contributed by atoms with Gasteiger partial charge in [-0.15, -0.1) is 0 Å². The zero-order valence-corrected chi connectivity index (χ0v) is 15.6. The Morgan fingerprint density at radius 3 is 2.50 bits per heavy atom. The first kappa shape index (κ1) is 17.7. The minimum absolute atomic E-state index is 0.135. The van der Waals surface area contributed by atoms with Crippen molar-refractivity contribution >= 4 is 5.91 Å². The van der Waals surface area contributed by atoms with Crippen LogP contribution in [0.4, 0.5) is 0 Å². The van der Waals surface area contributed by atoms with Crippen LogP contribution in [0.15, 0.2) is 79.3 Å². The van der Waals surface area contributed by atoms with Crippen LogP contribution in [0.3, 0.4) is 0 Å². The zero-order chi connectivity index (χ0) is 19.3. The standard InChI is InChI=1S/C22H21N5O/c1-26-21(11-13-24-26)22(28)23-15-19-5-2-3-6-20(19)18-9-7-17(8-10-18)16-27-14-4-12-25-27/h2-14H,15-16H2,1H3,(H,23,28). The van der Waals surface area contributed by atoms with Gasteiger partial charge in [0.05, 0.1) is 6.54 Å². The lowest BCUT2D eigenvalue weighted by molar-refractivity contribution is 0.0941. The second-order valence-electron chi connectivity index (χ2n) is 6.58. The van der Waals surface area contributed by atoms with Gasteiger partial charge < -0.3 is 5.32 Å². The molecule has 0 saturated carbocycles. The van der Waals surface area contributed by atoms with Crippen LogP contribution < -0.4 is 5.32 Å². The normalized spacial score (nSPS) is 10.8. The van der Waals surface area contributed by atoms with E-state index >= 15 is 0 Å². The average molecular weight is 371 g/mol. The lowest BCUT2D eigenvalue weighted by Gasteiger charge is -2.12. The van der Waals surface area contributed by atoms with Crippen molar-refractivity contribution in [3.8, 4) is 11.1 Å². The Bertz CT molecular complexity index is 1060. The maximum Gasteiger partial charge on any atom is 0.269 e. The summed E-state index contributed by atoms with van der Waals surface area (Å²) in [5, 5.41) is 11.3. The van der Waals surface area contributed by atoms with Crippen LogP contribution in [-0.2, 0) is 20.1 Å². The van der Waals surface area contributed by atoms with Crippen molar-refractivity contribution in [3.63, 3.8) is 0 Å². The average Bonchev–Trinajstić information content (AvgIpc) is 3.39. The summed E-state index contributed by atoms with van der Waals surface area (Å²) in [5.74, 6) is -0.135. The van der Waals surface area contributed by atoms with E-state index in [2.05, 4.69) is 45.8 Å². The third-order valence-electron chi connectivity index (χ3n) is 4.68. The largest absolute Gasteiger partial charge is 0.347 e. The van der Waals surface area contributed by atoms with Gasteiger partial charge in [0.2, 0.25) is 0 Å². The van der Waals surface area contributed by atoms with Crippen molar-refractivity contribution < 1.29 is 4.79 Å². The lowest BCUT2D eigenvalue weighted by Crippen LogP contribution is -2.25. The first-order chi connectivity index (χ1) is 13.7. The van der Waals surface area contributed by atoms with Gasteiger partial charge in [-0.3, -0.25) is 14.2 Å². The Hall–Kier alpha value is -3.67. The molecule has 2 aromatic carbocycles. The summed E-state index contributed by atoms with van der Waals surface area (Å²) >= 11 is 0. The zero-order valence-electron chi connectivity index (χ0n) is 15.6. The van der Waals surface area contributed by atoms with Crippen molar-refractivity contribution in [1.82, 2.24) is 24.9 Å². The molecule has 4 rings (SSSR count). The Morgan fingerprint density at radius 2 is 1.79 bits per heavy atom. The van der Waals surface area contributed by atoms with Crippen molar-refractivity contribution in [3.05, 3.63) is 96.1 Å². The second kappa shape index (κ2) is 7.92. The minimum Gasteiger partial charge on any atom is -0.347 e. The highest BCUT2D eigenvalue weighted by atomic mass is 16.2. The Balaban J connectivity index is 1.49. The fourth-order valence-electron chi connectivity index (χ4n) is 3.19. The molecule has 0 aliphatic heterocycles. The van der Waals surface area contributed by atoms with Gasteiger partial charge in [-0.1, -0.05) is 48.5 Å². The number of rotatable bonds is 6. The van der Waals surface area contributed by atoms with Gasteiger partial charge in [0.15, 0.2) is 0 Å². The van der Waals surface area contributed by atoms with Gasteiger partial charge >= 0.3 is 0 Å². The van der Waals surface area contributed by atoms with Gasteiger partial charge in [-0.2, -0.15) is 10.2 Å².